The minimum Gasteiger partial charge on any atom is -0.459 e. The summed E-state index contributed by atoms with van der Waals surface area (Å²) in [4.78, 5) is 31.7. The molecule has 2 saturated heterocycles. The number of aryl methyl sites for hydroxylation is 3. The average molecular weight is 1060 g/mol. The van der Waals surface area contributed by atoms with Crippen LogP contribution in [0.2, 0.25) is 0 Å². The van der Waals surface area contributed by atoms with E-state index in [4.69, 9.17) is 14.2 Å². The standard InChI is InChI=1S/C63H100N2O9P/c1-14-55-63(11,71)58(68)50(9)65(42-46(5)41-62(10,70)59(47(6)39-48(7)60(69)73-55)74-61-57(67)54(64(12)13)40-49(8)72-61)56(66)34-23-21-19-17-15-16-18-20-22-24-35-75(51-31-25-28-43(2)36-51,52-32-26-29-44(3)37-52)53-33-27-30-45(4)38-53/h25-33,36-38,46-50,54-55,57-59,61,67-68,70-71H,14-24,34-35,39-42H2,1-13H3/q+1/t46-,47+,48-,49-,50-,54+,55-,57-,58-,59-,61+,62-,63-/m1/s1. The van der Waals surface area contributed by atoms with Gasteiger partial charge in [-0.3, -0.25) is 9.59 Å². The van der Waals surface area contributed by atoms with Gasteiger partial charge in [0.2, 0.25) is 5.91 Å². The number of ether oxygens (including phenoxy) is 3. The van der Waals surface area contributed by atoms with Crippen LogP contribution in [-0.2, 0) is 23.8 Å². The Balaban J connectivity index is 1.18. The normalized spacial score (nSPS) is 30.7. The molecule has 5 rings (SSSR count). The second-order valence-electron chi connectivity index (χ2n) is 24.0. The quantitative estimate of drug-likeness (QED) is 0.0490. The predicted molar refractivity (Wildman–Crippen MR) is 308 cm³/mol. The number of aliphatic hydroxyl groups is 4. The largest absolute Gasteiger partial charge is 0.459 e. The Morgan fingerprint density at radius 2 is 1.25 bits per heavy atom. The maximum atomic E-state index is 14.4. The van der Waals surface area contributed by atoms with Crippen molar-refractivity contribution in [2.24, 2.45) is 17.8 Å². The second kappa shape index (κ2) is 28.6. The second-order valence-corrected chi connectivity index (χ2v) is 27.7. The van der Waals surface area contributed by atoms with Gasteiger partial charge in [0.1, 0.15) is 47.1 Å². The number of nitrogens with zero attached hydrogens (tertiary/aromatic N) is 2. The molecule has 3 aromatic carbocycles. The summed E-state index contributed by atoms with van der Waals surface area (Å²) in [5.74, 6) is -1.98. The van der Waals surface area contributed by atoms with E-state index in [0.717, 1.165) is 31.8 Å². The first-order chi connectivity index (χ1) is 35.4. The summed E-state index contributed by atoms with van der Waals surface area (Å²) in [7, 11) is 1.94. The lowest BCUT2D eigenvalue weighted by atomic mass is 9.79. The zero-order chi connectivity index (χ0) is 55.3. The van der Waals surface area contributed by atoms with E-state index in [1.54, 1.807) is 32.6 Å². The van der Waals surface area contributed by atoms with Crippen LogP contribution < -0.4 is 15.9 Å². The molecule has 13 atom stereocenters. The fraction of sp³-hybridized carbons (Fsp3) is 0.683. The first-order valence-corrected chi connectivity index (χ1v) is 30.8. The van der Waals surface area contributed by atoms with E-state index >= 15 is 0 Å². The van der Waals surface area contributed by atoms with Crippen LogP contribution in [0.15, 0.2) is 72.8 Å². The Labute approximate surface area is 453 Å². The lowest BCUT2D eigenvalue weighted by Crippen LogP contribution is -2.60. The summed E-state index contributed by atoms with van der Waals surface area (Å²) in [5, 5.41) is 52.2. The molecule has 0 saturated carbocycles. The average Bonchev–Trinajstić information content (AvgIpc) is 3.35. The summed E-state index contributed by atoms with van der Waals surface area (Å²) in [6.07, 6.45) is 8.18. The third kappa shape index (κ3) is 16.6. The summed E-state index contributed by atoms with van der Waals surface area (Å²) in [6.45, 7) is 21.2. The van der Waals surface area contributed by atoms with E-state index in [2.05, 4.69) is 93.6 Å². The summed E-state index contributed by atoms with van der Waals surface area (Å²) in [6, 6.07) is 26.6. The van der Waals surface area contributed by atoms with Crippen molar-refractivity contribution in [1.82, 2.24) is 9.80 Å². The number of hydrogen-bond donors (Lipinski definition) is 4. The molecule has 3 aromatic rings. The van der Waals surface area contributed by atoms with E-state index in [1.807, 2.05) is 39.8 Å². The van der Waals surface area contributed by atoms with Crippen molar-refractivity contribution in [3.63, 3.8) is 0 Å². The van der Waals surface area contributed by atoms with Gasteiger partial charge in [0.25, 0.3) is 0 Å². The molecule has 2 heterocycles. The summed E-state index contributed by atoms with van der Waals surface area (Å²) >= 11 is 0. The molecule has 0 aliphatic carbocycles. The zero-order valence-electron chi connectivity index (χ0n) is 48.5. The fourth-order valence-corrected chi connectivity index (χ4v) is 17.2. The van der Waals surface area contributed by atoms with E-state index in [1.165, 1.54) is 71.6 Å². The Kier molecular flexibility index (Phi) is 23.8. The number of amides is 1. The number of carbonyl (C=O) groups is 2. The van der Waals surface area contributed by atoms with Crippen LogP contribution in [0.3, 0.4) is 0 Å². The number of likely N-dealkylation sites (N-methyl/N-ethyl adjacent to an activating group) is 1. The van der Waals surface area contributed by atoms with Gasteiger partial charge in [-0.25, -0.2) is 0 Å². The van der Waals surface area contributed by atoms with Crippen LogP contribution in [0.1, 0.15) is 168 Å². The molecule has 0 aromatic heterocycles. The Bertz CT molecular complexity index is 2120. The molecule has 1 amide bonds. The molecule has 4 N–H and O–H groups in total. The van der Waals surface area contributed by atoms with Gasteiger partial charge in [-0.1, -0.05) is 109 Å². The molecule has 0 radical (unpaired) electrons. The Morgan fingerprint density at radius 1 is 0.760 bits per heavy atom. The predicted octanol–water partition coefficient (Wildman–Crippen LogP) is 10.1. The highest BCUT2D eigenvalue weighted by Crippen LogP contribution is 2.56. The molecule has 11 nitrogen and oxygen atoms in total. The van der Waals surface area contributed by atoms with Gasteiger partial charge in [0, 0.05) is 19.0 Å². The first-order valence-electron chi connectivity index (χ1n) is 28.8. The number of carbonyl (C=O) groups excluding carboxylic acids is 2. The van der Waals surface area contributed by atoms with Gasteiger partial charge in [-0.15, -0.1) is 0 Å². The van der Waals surface area contributed by atoms with Gasteiger partial charge in [0.05, 0.1) is 35.9 Å². The van der Waals surface area contributed by atoms with E-state index < -0.39 is 73.0 Å². The van der Waals surface area contributed by atoms with Gasteiger partial charge in [-0.05, 0) is 172 Å². The van der Waals surface area contributed by atoms with Crippen LogP contribution in [0.25, 0.3) is 0 Å². The molecule has 0 bridgehead atoms. The minimum atomic E-state index is -1.88. The molecule has 2 aliphatic rings. The third-order valence-electron chi connectivity index (χ3n) is 16.7. The van der Waals surface area contributed by atoms with Crippen molar-refractivity contribution < 1.29 is 44.2 Å². The topological polar surface area (TPSA) is 149 Å². The van der Waals surface area contributed by atoms with Crippen LogP contribution in [-0.4, -0.2) is 129 Å². The monoisotopic (exact) mass is 1060 g/mol. The Morgan fingerprint density at radius 3 is 1.73 bits per heavy atom. The van der Waals surface area contributed by atoms with Crippen molar-refractivity contribution in [1.29, 1.82) is 0 Å². The maximum absolute atomic E-state index is 14.4. The molecule has 2 aliphatic heterocycles. The molecular weight excluding hydrogens is 960 g/mol. The number of esters is 1. The maximum Gasteiger partial charge on any atom is 0.309 e. The minimum absolute atomic E-state index is 0.130. The van der Waals surface area contributed by atoms with Crippen LogP contribution in [0, 0.1) is 38.5 Å². The van der Waals surface area contributed by atoms with Crippen molar-refractivity contribution in [2.45, 2.75) is 233 Å². The van der Waals surface area contributed by atoms with Gasteiger partial charge in [-0.2, -0.15) is 0 Å². The smallest absolute Gasteiger partial charge is 0.309 e. The number of unbranched alkanes of at least 4 members (excludes halogenated alkanes) is 9. The van der Waals surface area contributed by atoms with Gasteiger partial charge < -0.3 is 44.4 Å². The molecule has 0 spiro atoms. The number of cyclic esters (lactones) is 1. The van der Waals surface area contributed by atoms with Crippen molar-refractivity contribution in [2.75, 3.05) is 26.8 Å². The molecule has 420 valence electrons. The zero-order valence-corrected chi connectivity index (χ0v) is 49.4. The SMILES string of the molecule is CC[C@H]1OC(=O)[C@H](C)C[C@H](C)[C@@H](O[C@@H]2O[C@H](C)C[C@H](N(C)C)[C@H]2O)[C@](C)(O)C[C@@H](C)CN(C(=O)CCCCCCCCCCCC[P+](c2cccc(C)c2)(c2cccc(C)c2)c2cccc(C)c2)[C@H](C)[C@@H](O)[C@]1(C)O. The molecule has 75 heavy (non-hydrogen) atoms. The van der Waals surface area contributed by atoms with Gasteiger partial charge in [0.15, 0.2) is 6.29 Å². The molecule has 12 heteroatoms. The summed E-state index contributed by atoms with van der Waals surface area (Å²) < 4.78 is 18.8. The van der Waals surface area contributed by atoms with Crippen molar-refractivity contribution in [3.05, 3.63) is 89.5 Å². The summed E-state index contributed by atoms with van der Waals surface area (Å²) in [5.41, 5.74) is 0.569. The van der Waals surface area contributed by atoms with Crippen molar-refractivity contribution >= 4 is 35.1 Å². The first kappa shape index (κ1) is 62.6. The fourth-order valence-electron chi connectivity index (χ4n) is 12.5. The van der Waals surface area contributed by atoms with E-state index in [0.29, 0.717) is 12.8 Å². The van der Waals surface area contributed by atoms with E-state index in [9.17, 15) is 30.0 Å². The molecule has 2 fully saturated rings. The van der Waals surface area contributed by atoms with E-state index in [-0.39, 0.29) is 56.2 Å². The molecule has 0 unspecified atom stereocenters. The lowest BCUT2D eigenvalue weighted by molar-refractivity contribution is -0.295. The van der Waals surface area contributed by atoms with Crippen LogP contribution in [0.4, 0.5) is 0 Å². The van der Waals surface area contributed by atoms with Crippen molar-refractivity contribution in [3.8, 4) is 0 Å². The highest BCUT2D eigenvalue weighted by Gasteiger charge is 2.49. The number of benzene rings is 3. The number of hydrogen-bond acceptors (Lipinski definition) is 10. The van der Waals surface area contributed by atoms with Crippen LogP contribution >= 0.6 is 7.26 Å². The molecular formula is C63H100N2O9P+. The number of rotatable bonds is 20. The van der Waals surface area contributed by atoms with Gasteiger partial charge >= 0.3 is 5.97 Å². The van der Waals surface area contributed by atoms with Crippen LogP contribution in [0.5, 0.6) is 0 Å². The highest BCUT2D eigenvalue weighted by atomic mass is 31.2. The third-order valence-corrected chi connectivity index (χ3v) is 21.2. The Hall–Kier alpha value is -3.25. The highest BCUT2D eigenvalue weighted by molar-refractivity contribution is 7.95. The lowest BCUT2D eigenvalue weighted by Gasteiger charge is -2.46. The number of aliphatic hydroxyl groups excluding tert-OH is 2.